The summed E-state index contributed by atoms with van der Waals surface area (Å²) in [6.45, 7) is 2.90. The summed E-state index contributed by atoms with van der Waals surface area (Å²) in [6, 6.07) is 13.9. The summed E-state index contributed by atoms with van der Waals surface area (Å²) >= 11 is 5.50. The Kier molecular flexibility index (Phi) is 35.3. The first-order chi connectivity index (χ1) is 41.2. The van der Waals surface area contributed by atoms with Crippen molar-refractivity contribution in [3.05, 3.63) is 76.9 Å². The number of amides is 1. The number of phenolic OH excluding ortho intramolecular Hbond substituents is 2. The number of anilines is 1. The van der Waals surface area contributed by atoms with Crippen LogP contribution in [0, 0.1) is 0 Å². The number of fused-ring (bicyclic) bond motifs is 6. The first-order valence-corrected chi connectivity index (χ1v) is 33.8. The van der Waals surface area contributed by atoms with Crippen molar-refractivity contribution in [2.75, 3.05) is 44.8 Å². The van der Waals surface area contributed by atoms with Crippen LogP contribution >= 0.6 is 20.0 Å². The van der Waals surface area contributed by atoms with E-state index in [9.17, 15) is 38.8 Å². The number of phenols is 2. The van der Waals surface area contributed by atoms with E-state index in [2.05, 4.69) is 29.8 Å². The van der Waals surface area contributed by atoms with Crippen molar-refractivity contribution < 1.29 is 71.6 Å². The van der Waals surface area contributed by atoms with Crippen molar-refractivity contribution >= 4 is 54.8 Å². The van der Waals surface area contributed by atoms with E-state index in [1.165, 1.54) is 166 Å². The van der Waals surface area contributed by atoms with Gasteiger partial charge in [0, 0.05) is 53.9 Å². The summed E-state index contributed by atoms with van der Waals surface area (Å²) in [7, 11) is -4.72. The first kappa shape index (κ1) is 73.0. The molecule has 1 amide bonds. The Morgan fingerprint density at radius 2 is 1.03 bits per heavy atom. The smallest absolute Gasteiger partial charge is 0.472 e. The summed E-state index contributed by atoms with van der Waals surface area (Å²) in [4.78, 5) is 62.0. The number of ether oxygens (including phenoxy) is 5. The number of nitrogens with one attached hydrogen (secondary N) is 3. The summed E-state index contributed by atoms with van der Waals surface area (Å²) in [5.74, 6) is -1.20. The number of hydrogen-bond donors (Lipinski definition) is 7. The van der Waals surface area contributed by atoms with E-state index in [0.29, 0.717) is 40.8 Å². The van der Waals surface area contributed by atoms with E-state index in [0.717, 1.165) is 38.5 Å². The molecule has 19 nitrogen and oxygen atoms in total. The number of phosphoric ester groups is 1. The minimum Gasteiger partial charge on any atom is -0.508 e. The molecule has 2 aliphatic heterocycles. The fraction of sp³-hybridized carbons (Fsp3) is 0.646. The van der Waals surface area contributed by atoms with Gasteiger partial charge in [0.1, 0.15) is 36.2 Å². The highest BCUT2D eigenvalue weighted by atomic mass is 32.1. The van der Waals surface area contributed by atoms with Crippen LogP contribution in [0.1, 0.15) is 246 Å². The molecule has 2 heterocycles. The van der Waals surface area contributed by atoms with Crippen molar-refractivity contribution in [3.63, 3.8) is 0 Å². The number of rotatable bonds is 46. The second-order valence-corrected chi connectivity index (χ2v) is 24.4. The Bertz CT molecular complexity index is 2500. The summed E-state index contributed by atoms with van der Waals surface area (Å²) in [6.07, 6.45) is 34.5. The topological polar surface area (TPSA) is 282 Å². The molecule has 3 aromatic rings. The van der Waals surface area contributed by atoms with Gasteiger partial charge in [-0.2, -0.15) is 0 Å². The molecule has 2 atom stereocenters. The number of carbonyl (C=O) groups is 4. The molecule has 3 aromatic carbocycles. The molecule has 0 fully saturated rings. The van der Waals surface area contributed by atoms with E-state index >= 15 is 0 Å². The summed E-state index contributed by atoms with van der Waals surface area (Å²) in [5, 5.41) is 29.1. The van der Waals surface area contributed by atoms with E-state index in [4.69, 9.17) is 44.9 Å². The highest BCUT2D eigenvalue weighted by molar-refractivity contribution is 7.80. The second kappa shape index (κ2) is 41.6. The van der Waals surface area contributed by atoms with E-state index < -0.39 is 56.7 Å². The number of benzene rings is 3. The lowest BCUT2D eigenvalue weighted by Crippen LogP contribution is -2.34. The van der Waals surface area contributed by atoms with Gasteiger partial charge in [-0.25, -0.2) is 14.2 Å². The molecule has 0 radical (unpaired) electrons. The third-order valence-electron chi connectivity index (χ3n) is 15.4. The summed E-state index contributed by atoms with van der Waals surface area (Å²) in [5.41, 5.74) is 0.734. The molecule has 1 spiro atoms. The van der Waals surface area contributed by atoms with Crippen LogP contribution < -0.4 is 26.8 Å². The Hall–Kier alpha value is -5.50. The fourth-order valence-electron chi connectivity index (χ4n) is 10.7. The Morgan fingerprint density at radius 3 is 1.53 bits per heavy atom. The minimum absolute atomic E-state index is 0. The molecule has 482 valence electrons. The van der Waals surface area contributed by atoms with E-state index in [-0.39, 0.29) is 73.4 Å². The molecule has 0 bridgehead atoms. The van der Waals surface area contributed by atoms with Crippen molar-refractivity contribution in [3.8, 4) is 23.0 Å². The third kappa shape index (κ3) is 26.9. The highest BCUT2D eigenvalue weighted by Gasteiger charge is 2.54. The lowest BCUT2D eigenvalue weighted by Gasteiger charge is -2.36. The van der Waals surface area contributed by atoms with E-state index in [1.54, 1.807) is 30.3 Å². The van der Waals surface area contributed by atoms with Crippen molar-refractivity contribution in [1.29, 1.82) is 0 Å². The van der Waals surface area contributed by atoms with Gasteiger partial charge < -0.3 is 60.9 Å². The van der Waals surface area contributed by atoms with Crippen LogP contribution in [-0.4, -0.2) is 89.8 Å². The fourth-order valence-corrected chi connectivity index (χ4v) is 11.7. The Balaban J connectivity index is 0.0000158. The molecular weight excluding hydrogens is 1140 g/mol. The maximum Gasteiger partial charge on any atom is 0.472 e. The van der Waals surface area contributed by atoms with Gasteiger partial charge >= 0.3 is 31.8 Å². The summed E-state index contributed by atoms with van der Waals surface area (Å²) < 4.78 is 51.6. The van der Waals surface area contributed by atoms with Gasteiger partial charge in [-0.15, -0.1) is 0 Å². The van der Waals surface area contributed by atoms with Crippen molar-refractivity contribution in [1.82, 2.24) is 16.8 Å². The number of thiocarbonyl (C=S) groups is 1. The van der Waals surface area contributed by atoms with Gasteiger partial charge in [0.15, 0.2) is 16.8 Å². The largest absolute Gasteiger partial charge is 0.508 e. The average Bonchev–Trinajstić information content (AvgIpc) is 1.44. The quantitative estimate of drug-likeness (QED) is 0.00910. The first-order valence-electron chi connectivity index (χ1n) is 31.9. The maximum absolute atomic E-state index is 13.3. The lowest BCUT2D eigenvalue weighted by molar-refractivity contribution is -0.161. The SMILES string of the molecule is CCCCCCCCCCCCCCCCCC(=O)OC[C@H](COP(=O)(O)OCCNC(=O)OCCNC(=S)Nc1ccc2c(c1)C1(OC2=O)c2ccc(O)cc2Oc2cc(O)ccc21)OC(=O)CCCCCCCCCCCCCCCCC.N. The zero-order valence-corrected chi connectivity index (χ0v) is 53.2. The van der Waals surface area contributed by atoms with Crippen LogP contribution in [0.15, 0.2) is 54.6 Å². The monoisotopic (exact) mass is 1240 g/mol. The number of hydrogen-bond acceptors (Lipinski definition) is 16. The second-order valence-electron chi connectivity index (χ2n) is 22.5. The lowest BCUT2D eigenvalue weighted by atomic mass is 9.77. The van der Waals surface area contributed by atoms with Crippen LogP contribution in [0.4, 0.5) is 10.5 Å². The molecule has 5 rings (SSSR count). The number of unbranched alkanes of at least 4 members (excludes halogenated alkanes) is 28. The Morgan fingerprint density at radius 1 is 0.570 bits per heavy atom. The average molecular weight is 1240 g/mol. The van der Waals surface area contributed by atoms with Crippen molar-refractivity contribution in [2.24, 2.45) is 0 Å². The van der Waals surface area contributed by atoms with Gasteiger partial charge in [-0.1, -0.05) is 194 Å². The van der Waals surface area contributed by atoms with Gasteiger partial charge in [-0.3, -0.25) is 18.6 Å². The van der Waals surface area contributed by atoms with Crippen LogP contribution in [0.3, 0.4) is 0 Å². The number of alkyl carbamates (subject to hydrolysis) is 1. The van der Waals surface area contributed by atoms with Gasteiger partial charge in [0.25, 0.3) is 0 Å². The number of aromatic hydroxyl groups is 2. The minimum atomic E-state index is -4.72. The number of esters is 3. The molecule has 9 N–H and O–H groups in total. The van der Waals surface area contributed by atoms with Gasteiger partial charge in [-0.05, 0) is 67.5 Å². The highest BCUT2D eigenvalue weighted by Crippen LogP contribution is 2.57. The number of carbonyl (C=O) groups excluding carboxylic acids is 4. The van der Waals surface area contributed by atoms with E-state index in [1.807, 2.05) is 0 Å². The maximum atomic E-state index is 13.3. The molecule has 0 saturated carbocycles. The normalized spacial score (nSPS) is 13.6. The molecular formula is C65H101N4O15PS. The van der Waals surface area contributed by atoms with Crippen LogP contribution in [0.5, 0.6) is 23.0 Å². The molecule has 2 aliphatic rings. The molecule has 0 aromatic heterocycles. The van der Waals surface area contributed by atoms with Gasteiger partial charge in [0.2, 0.25) is 0 Å². The zero-order chi connectivity index (χ0) is 61.0. The standard InChI is InChI=1S/C65H98N3O15PS.H3N/c1-3-5-7-9-11-13-15-17-19-21-23-25-27-29-31-33-60(71)78-48-53(81-61(72)34-32-30-28-26-24-22-20-18-16-14-12-10-8-6-4-2)49-80-84(75,76)79-44-42-67-64(74)77-43-41-66-63(85)68-50-35-38-54-57(45-50)65(83-62(54)73)55-39-36-51(69)46-58(55)82-59-47-52(70)37-40-56(59)65;/h35-40,45-47,53,69-70H,3-34,41-44,48-49H2,1-2H3,(H,67,74)(H,75,76)(H2,66,68,85);1H3/t53-;/m1./s1. The van der Waals surface area contributed by atoms with Crippen LogP contribution in [0.2, 0.25) is 0 Å². The predicted molar refractivity (Wildman–Crippen MR) is 338 cm³/mol. The van der Waals surface area contributed by atoms with Crippen molar-refractivity contribution in [2.45, 2.75) is 231 Å². The molecule has 21 heteroatoms. The third-order valence-corrected chi connectivity index (χ3v) is 16.6. The van der Waals surface area contributed by atoms with Crippen LogP contribution in [0.25, 0.3) is 0 Å². The molecule has 0 aliphatic carbocycles. The zero-order valence-electron chi connectivity index (χ0n) is 51.4. The predicted octanol–water partition coefficient (Wildman–Crippen LogP) is 16.0. The Labute approximate surface area is 516 Å². The molecule has 86 heavy (non-hydrogen) atoms. The molecule has 1 unspecified atom stereocenters. The van der Waals surface area contributed by atoms with Crippen LogP contribution in [-0.2, 0) is 47.8 Å². The molecule has 0 saturated heterocycles. The van der Waals surface area contributed by atoms with Gasteiger partial charge in [0.05, 0.1) is 25.3 Å². The number of phosphoric acid groups is 1.